The van der Waals surface area contributed by atoms with Crippen molar-refractivity contribution in [3.63, 3.8) is 0 Å². The molecule has 8 rings (SSSR count). The average Bonchev–Trinajstić information content (AvgIpc) is 3.86. The van der Waals surface area contributed by atoms with Crippen LogP contribution in [-0.4, -0.2) is 36.5 Å². The molecule has 6 heteroatoms. The maximum Gasteiger partial charge on any atom is 0.245 e. The van der Waals surface area contributed by atoms with E-state index >= 15 is 0 Å². The van der Waals surface area contributed by atoms with Gasteiger partial charge in [-0.05, 0) is 99.3 Å². The molecule has 258 valence electrons. The van der Waals surface area contributed by atoms with Gasteiger partial charge in [0.2, 0.25) is 5.84 Å². The Hall–Kier alpha value is -6.63. The summed E-state index contributed by atoms with van der Waals surface area (Å²) in [6.07, 6.45) is 12.3. The number of fused-ring (bicyclic) bond motifs is 2. The van der Waals surface area contributed by atoms with Crippen molar-refractivity contribution in [2.24, 2.45) is 4.99 Å². The van der Waals surface area contributed by atoms with Crippen LogP contribution in [0.1, 0.15) is 26.3 Å². The molecule has 53 heavy (non-hydrogen) atoms. The molecule has 2 aromatic heterocycles. The number of likely N-dealkylation sites (N-methyl/N-ethyl adjacent to an activating group) is 1. The van der Waals surface area contributed by atoms with Crippen LogP contribution in [-0.2, 0) is 0 Å². The first-order chi connectivity index (χ1) is 25.9. The van der Waals surface area contributed by atoms with Gasteiger partial charge in [0.1, 0.15) is 28.7 Å². The van der Waals surface area contributed by atoms with Crippen molar-refractivity contribution >= 4 is 27.9 Å². The molecule has 0 radical (unpaired) electrons. The van der Waals surface area contributed by atoms with Gasteiger partial charge >= 0.3 is 0 Å². The second-order valence-electron chi connectivity index (χ2n) is 13.3. The lowest BCUT2D eigenvalue weighted by Crippen LogP contribution is -2.44. The van der Waals surface area contributed by atoms with Gasteiger partial charge in [0.15, 0.2) is 0 Å². The molecule has 0 saturated heterocycles. The first-order valence-corrected chi connectivity index (χ1v) is 17.9. The Balaban J connectivity index is 1.45. The Morgan fingerprint density at radius 1 is 0.623 bits per heavy atom. The molecule has 0 fully saturated rings. The van der Waals surface area contributed by atoms with E-state index in [0.29, 0.717) is 4.48 Å². The lowest BCUT2D eigenvalue weighted by Gasteiger charge is -2.31. The number of benzene rings is 5. The summed E-state index contributed by atoms with van der Waals surface area (Å²) in [6.45, 7) is 10.8. The van der Waals surface area contributed by atoms with Gasteiger partial charge in [-0.25, -0.2) is 14.5 Å². The van der Waals surface area contributed by atoms with Crippen LogP contribution in [0, 0.1) is 0 Å². The zero-order valence-corrected chi connectivity index (χ0v) is 30.5. The fourth-order valence-electron chi connectivity index (χ4n) is 7.23. The number of quaternary nitrogens is 1. The van der Waals surface area contributed by atoms with E-state index in [0.717, 1.165) is 84.7 Å². The number of aromatic nitrogens is 4. The Bertz CT molecular complexity index is 2530. The Morgan fingerprint density at radius 2 is 1.11 bits per heavy atom. The fraction of sp³-hybridized carbons (Fsp3) is 0.0851. The summed E-state index contributed by atoms with van der Waals surface area (Å²) in [6, 6.07) is 44.2. The largest absolute Gasteiger partial charge is 0.292 e. The van der Waals surface area contributed by atoms with Crippen LogP contribution in [0.5, 0.6) is 0 Å². The molecule has 0 spiro atoms. The van der Waals surface area contributed by atoms with E-state index < -0.39 is 0 Å². The second kappa shape index (κ2) is 13.8. The molecular weight excluding hydrogens is 649 g/mol. The molecular formula is C47H41N6+. The van der Waals surface area contributed by atoms with Crippen LogP contribution in [0.15, 0.2) is 193 Å². The van der Waals surface area contributed by atoms with Gasteiger partial charge in [-0.1, -0.05) is 85.0 Å². The van der Waals surface area contributed by atoms with Crippen LogP contribution in [0.4, 0.5) is 0 Å². The van der Waals surface area contributed by atoms with Gasteiger partial charge in [0.05, 0.1) is 34.7 Å². The number of para-hydroxylation sites is 6. The van der Waals surface area contributed by atoms with Crippen molar-refractivity contribution < 1.29 is 4.48 Å². The number of amidine groups is 1. The predicted molar refractivity (Wildman–Crippen MR) is 220 cm³/mol. The second-order valence-corrected chi connectivity index (χ2v) is 13.3. The van der Waals surface area contributed by atoms with Crippen molar-refractivity contribution in [3.05, 3.63) is 193 Å². The summed E-state index contributed by atoms with van der Waals surface area (Å²) in [4.78, 5) is 16.0. The van der Waals surface area contributed by atoms with Crippen molar-refractivity contribution in [1.29, 1.82) is 0 Å². The quantitative estimate of drug-likeness (QED) is 0.112. The molecule has 1 aliphatic rings. The highest BCUT2D eigenvalue weighted by molar-refractivity contribution is 6.00. The summed E-state index contributed by atoms with van der Waals surface area (Å²) in [5.74, 6) is 2.54. The highest BCUT2D eigenvalue weighted by Crippen LogP contribution is 2.40. The van der Waals surface area contributed by atoms with Crippen molar-refractivity contribution in [2.75, 3.05) is 7.05 Å². The Labute approximate surface area is 310 Å². The van der Waals surface area contributed by atoms with Gasteiger partial charge in [-0.2, -0.15) is 4.99 Å². The highest BCUT2D eigenvalue weighted by Gasteiger charge is 2.42. The van der Waals surface area contributed by atoms with Crippen LogP contribution in [0.2, 0.25) is 0 Å². The Kier molecular flexibility index (Phi) is 8.74. The van der Waals surface area contributed by atoms with E-state index in [1.807, 2.05) is 62.4 Å². The summed E-state index contributed by atoms with van der Waals surface area (Å²) >= 11 is 0. The maximum absolute atomic E-state index is 5.36. The molecule has 6 nitrogen and oxygen atoms in total. The molecule has 1 atom stereocenters. The molecule has 0 amide bonds. The molecule has 1 unspecified atom stereocenters. The average molecular weight is 690 g/mol. The SMILES string of the molecule is C=C(C=CC=CC)[N+]1(C)C(c2cc(-c3nc4ccccc4n3-c3ccccc3)cc(-c3nc4ccccc4n3-c3ccccc3)c2)=NC(C=CC)=C1C. The molecule has 0 aliphatic carbocycles. The third-order valence-corrected chi connectivity index (χ3v) is 10.0. The zero-order valence-electron chi connectivity index (χ0n) is 30.5. The number of aliphatic imine (C=N–C) groups is 1. The highest BCUT2D eigenvalue weighted by atomic mass is 15.4. The molecule has 1 aliphatic heterocycles. The number of imidazole rings is 2. The number of hydrogen-bond acceptors (Lipinski definition) is 3. The van der Waals surface area contributed by atoms with Crippen LogP contribution >= 0.6 is 0 Å². The van der Waals surface area contributed by atoms with Gasteiger partial charge in [0, 0.05) is 29.4 Å². The third kappa shape index (κ3) is 5.79. The molecule has 0 bridgehead atoms. The van der Waals surface area contributed by atoms with E-state index in [9.17, 15) is 0 Å². The molecule has 7 aromatic rings. The normalized spacial score (nSPS) is 16.3. The number of rotatable bonds is 9. The summed E-state index contributed by atoms with van der Waals surface area (Å²) in [5.41, 5.74) is 11.8. The monoisotopic (exact) mass is 689 g/mol. The number of nitrogens with zero attached hydrogens (tertiary/aromatic N) is 6. The minimum atomic E-state index is 0.334. The van der Waals surface area contributed by atoms with E-state index in [1.54, 1.807) is 0 Å². The van der Waals surface area contributed by atoms with E-state index in [2.05, 4.69) is 145 Å². The Morgan fingerprint density at radius 3 is 1.62 bits per heavy atom. The van der Waals surface area contributed by atoms with Crippen molar-refractivity contribution in [2.45, 2.75) is 20.8 Å². The first kappa shape index (κ1) is 33.5. The first-order valence-electron chi connectivity index (χ1n) is 17.9. The van der Waals surface area contributed by atoms with Crippen molar-refractivity contribution in [3.8, 4) is 34.2 Å². The topological polar surface area (TPSA) is 48.0 Å². The smallest absolute Gasteiger partial charge is 0.245 e. The minimum absolute atomic E-state index is 0.334. The number of allylic oxidation sites excluding steroid dienone is 7. The van der Waals surface area contributed by atoms with Gasteiger partial charge < -0.3 is 0 Å². The van der Waals surface area contributed by atoms with Crippen LogP contribution < -0.4 is 0 Å². The van der Waals surface area contributed by atoms with Gasteiger partial charge in [0.25, 0.3) is 0 Å². The fourth-order valence-corrected chi connectivity index (χ4v) is 7.23. The van der Waals surface area contributed by atoms with E-state index in [4.69, 9.17) is 15.0 Å². The van der Waals surface area contributed by atoms with E-state index in [1.165, 1.54) is 0 Å². The summed E-state index contributed by atoms with van der Waals surface area (Å²) in [7, 11) is 2.18. The van der Waals surface area contributed by atoms with Gasteiger partial charge in [-0.15, -0.1) is 0 Å². The molecule has 0 saturated carbocycles. The molecule has 3 heterocycles. The molecule has 0 N–H and O–H groups in total. The lowest BCUT2D eigenvalue weighted by molar-refractivity contribution is -0.731. The van der Waals surface area contributed by atoms with Crippen LogP contribution in [0.3, 0.4) is 0 Å². The van der Waals surface area contributed by atoms with E-state index in [-0.39, 0.29) is 0 Å². The van der Waals surface area contributed by atoms with Crippen LogP contribution in [0.25, 0.3) is 56.2 Å². The minimum Gasteiger partial charge on any atom is -0.292 e. The molecule has 5 aromatic carbocycles. The third-order valence-electron chi connectivity index (χ3n) is 10.0. The lowest BCUT2D eigenvalue weighted by atomic mass is 10.0. The standard InChI is InChI=1S/C47H41N6/c1-6-8-11-21-33(3)53(5)34(4)40(20-7-2)50-47(53)37-31-35(45-48-41-26-16-18-28-43(41)51(45)38-22-12-9-13-23-38)30-36(32-37)46-49-42-27-17-19-29-44(42)52(46)39-24-14-10-15-25-39/h6-32H,3H2,1-2,4-5H3/q+1. The number of hydrogen-bond donors (Lipinski definition) is 0. The summed E-state index contributed by atoms with van der Waals surface area (Å²) in [5, 5.41) is 0. The predicted octanol–water partition coefficient (Wildman–Crippen LogP) is 11.4. The van der Waals surface area contributed by atoms with Crippen molar-refractivity contribution in [1.82, 2.24) is 19.1 Å². The zero-order chi connectivity index (χ0) is 36.5. The summed E-state index contributed by atoms with van der Waals surface area (Å²) < 4.78 is 4.83. The van der Waals surface area contributed by atoms with Gasteiger partial charge in [-0.3, -0.25) is 9.13 Å². The maximum atomic E-state index is 5.36.